The maximum atomic E-state index is 12.3. The van der Waals surface area contributed by atoms with Gasteiger partial charge in [-0.1, -0.05) is 42.5 Å². The van der Waals surface area contributed by atoms with Crippen molar-refractivity contribution in [1.29, 1.82) is 0 Å². The number of pyridine rings is 1. The van der Waals surface area contributed by atoms with Crippen molar-refractivity contribution < 1.29 is 9.53 Å². The number of aromatic nitrogens is 1. The lowest BCUT2D eigenvalue weighted by molar-refractivity contribution is 0.0950. The third kappa shape index (κ3) is 4.39. The van der Waals surface area contributed by atoms with E-state index in [0.29, 0.717) is 18.7 Å². The van der Waals surface area contributed by atoms with Gasteiger partial charge in [-0.15, -0.1) is 0 Å². The lowest BCUT2D eigenvalue weighted by atomic mass is 10.1. The normalized spacial score (nSPS) is 10.3. The van der Waals surface area contributed by atoms with E-state index in [9.17, 15) is 9.59 Å². The summed E-state index contributed by atoms with van der Waals surface area (Å²) in [6.07, 6.45) is 1.58. The Hall–Kier alpha value is -3.34. The molecule has 5 nitrogen and oxygen atoms in total. The maximum Gasteiger partial charge on any atom is 0.251 e. The Morgan fingerprint density at radius 3 is 2.42 bits per heavy atom. The fourth-order valence-corrected chi connectivity index (χ4v) is 2.52. The smallest absolute Gasteiger partial charge is 0.251 e. The second-order valence-corrected chi connectivity index (χ2v) is 5.92. The van der Waals surface area contributed by atoms with Crippen LogP contribution in [0.1, 0.15) is 21.5 Å². The van der Waals surface area contributed by atoms with Gasteiger partial charge in [-0.2, -0.15) is 0 Å². The van der Waals surface area contributed by atoms with Crippen molar-refractivity contribution in [3.8, 4) is 5.75 Å². The van der Waals surface area contributed by atoms with E-state index in [1.54, 1.807) is 19.3 Å². The van der Waals surface area contributed by atoms with Gasteiger partial charge in [0.2, 0.25) is 0 Å². The summed E-state index contributed by atoms with van der Waals surface area (Å²) in [5.74, 6) is 0.521. The number of hydrogen-bond acceptors (Lipinski definition) is 3. The molecule has 0 aliphatic heterocycles. The third-order valence-corrected chi connectivity index (χ3v) is 4.06. The van der Waals surface area contributed by atoms with Crippen LogP contribution >= 0.6 is 0 Å². The van der Waals surface area contributed by atoms with Gasteiger partial charge in [0.1, 0.15) is 12.4 Å². The molecule has 0 unspecified atom stereocenters. The maximum absolute atomic E-state index is 12.3. The molecule has 0 fully saturated rings. The topological polar surface area (TPSA) is 60.3 Å². The third-order valence-electron chi connectivity index (χ3n) is 4.06. The molecule has 1 amide bonds. The molecule has 0 spiro atoms. The Kier molecular flexibility index (Phi) is 5.49. The summed E-state index contributed by atoms with van der Waals surface area (Å²) < 4.78 is 7.22. The zero-order valence-corrected chi connectivity index (χ0v) is 14.5. The van der Waals surface area contributed by atoms with Gasteiger partial charge in [-0.05, 0) is 29.3 Å². The molecular weight excluding hydrogens is 328 g/mol. The molecule has 1 N–H and O–H groups in total. The number of carbonyl (C=O) groups excluding carboxylic acids is 1. The van der Waals surface area contributed by atoms with E-state index in [0.717, 1.165) is 16.9 Å². The number of hydrogen-bond donors (Lipinski definition) is 1. The van der Waals surface area contributed by atoms with Crippen molar-refractivity contribution in [2.45, 2.75) is 13.2 Å². The number of nitrogens with zero attached hydrogens (tertiary/aromatic N) is 1. The molecule has 5 heteroatoms. The lowest BCUT2D eigenvalue weighted by Crippen LogP contribution is -2.26. The first-order chi connectivity index (χ1) is 12.6. The van der Waals surface area contributed by atoms with Gasteiger partial charge in [0.25, 0.3) is 11.5 Å². The molecule has 0 saturated carbocycles. The van der Waals surface area contributed by atoms with Crippen LogP contribution in [0, 0.1) is 0 Å². The minimum Gasteiger partial charge on any atom is -0.489 e. The fraction of sp³-hybridized carbons (Fsp3) is 0.143. The van der Waals surface area contributed by atoms with Crippen LogP contribution < -0.4 is 15.6 Å². The van der Waals surface area contributed by atoms with Crippen LogP contribution in [-0.4, -0.2) is 10.5 Å². The van der Waals surface area contributed by atoms with Crippen LogP contribution in [-0.2, 0) is 20.2 Å². The molecule has 1 heterocycles. The molecule has 3 rings (SSSR count). The summed E-state index contributed by atoms with van der Waals surface area (Å²) in [5, 5.41) is 2.86. The van der Waals surface area contributed by atoms with Crippen molar-refractivity contribution in [2.75, 3.05) is 0 Å². The number of ether oxygens (including phenoxy) is 1. The quantitative estimate of drug-likeness (QED) is 0.745. The molecule has 3 aromatic rings. The highest BCUT2D eigenvalue weighted by Gasteiger charge is 2.09. The van der Waals surface area contributed by atoms with Gasteiger partial charge >= 0.3 is 0 Å². The van der Waals surface area contributed by atoms with Crippen molar-refractivity contribution >= 4 is 5.91 Å². The molecule has 132 valence electrons. The average Bonchev–Trinajstić information content (AvgIpc) is 2.68. The van der Waals surface area contributed by atoms with E-state index in [2.05, 4.69) is 5.32 Å². The Morgan fingerprint density at radius 1 is 1.00 bits per heavy atom. The van der Waals surface area contributed by atoms with E-state index < -0.39 is 0 Å². The van der Waals surface area contributed by atoms with Gasteiger partial charge in [0.05, 0.1) is 0 Å². The minimum absolute atomic E-state index is 0.214. The van der Waals surface area contributed by atoms with Crippen molar-refractivity contribution in [3.05, 3.63) is 100.0 Å². The Bertz CT molecular complexity index is 949. The molecule has 0 radical (unpaired) electrons. The predicted octanol–water partition coefficient (Wildman–Crippen LogP) is 2.89. The Morgan fingerprint density at radius 2 is 1.69 bits per heavy atom. The number of para-hydroxylation sites is 1. The number of carbonyl (C=O) groups is 1. The minimum atomic E-state index is -0.276. The van der Waals surface area contributed by atoms with Crippen molar-refractivity contribution in [2.24, 2.45) is 7.05 Å². The van der Waals surface area contributed by atoms with Crippen LogP contribution in [0.15, 0.2) is 77.7 Å². The van der Waals surface area contributed by atoms with Crippen LogP contribution in [0.4, 0.5) is 0 Å². The Labute approximate surface area is 151 Å². The van der Waals surface area contributed by atoms with Gasteiger partial charge in [-0.3, -0.25) is 9.59 Å². The standard InChI is InChI=1S/C21H20N2O3/c1-23-12-11-16(13-20(23)24)21(25)22-14-17-7-5-6-8-18(17)15-26-19-9-3-2-4-10-19/h2-13H,14-15H2,1H3,(H,22,25). The number of rotatable bonds is 6. The van der Waals surface area contributed by atoms with Crippen molar-refractivity contribution in [1.82, 2.24) is 9.88 Å². The van der Waals surface area contributed by atoms with Crippen LogP contribution in [0.3, 0.4) is 0 Å². The number of benzene rings is 2. The number of nitrogens with one attached hydrogen (secondary N) is 1. The van der Waals surface area contributed by atoms with Crippen molar-refractivity contribution in [3.63, 3.8) is 0 Å². The zero-order chi connectivity index (χ0) is 18.4. The molecule has 0 saturated heterocycles. The van der Waals surface area contributed by atoms with E-state index in [4.69, 9.17) is 4.74 Å². The van der Waals surface area contributed by atoms with E-state index in [-0.39, 0.29) is 11.5 Å². The van der Waals surface area contributed by atoms with Crippen LogP contribution in [0.5, 0.6) is 5.75 Å². The summed E-state index contributed by atoms with van der Waals surface area (Å²) in [6, 6.07) is 20.3. The fourth-order valence-electron chi connectivity index (χ4n) is 2.52. The number of amides is 1. The summed E-state index contributed by atoms with van der Waals surface area (Å²) in [6.45, 7) is 0.782. The average molecular weight is 348 g/mol. The highest BCUT2D eigenvalue weighted by Crippen LogP contribution is 2.14. The molecule has 0 atom stereocenters. The molecular formula is C21H20N2O3. The van der Waals surface area contributed by atoms with Gasteiger partial charge in [0, 0.05) is 31.4 Å². The highest BCUT2D eigenvalue weighted by molar-refractivity contribution is 5.93. The second kappa shape index (κ2) is 8.16. The largest absolute Gasteiger partial charge is 0.489 e. The van der Waals surface area contributed by atoms with Gasteiger partial charge < -0.3 is 14.6 Å². The summed E-state index contributed by atoms with van der Waals surface area (Å²) in [5.41, 5.74) is 2.11. The van der Waals surface area contributed by atoms with Crippen LogP contribution in [0.25, 0.3) is 0 Å². The van der Waals surface area contributed by atoms with Gasteiger partial charge in [-0.25, -0.2) is 0 Å². The molecule has 0 aliphatic carbocycles. The SMILES string of the molecule is Cn1ccc(C(=O)NCc2ccccc2COc2ccccc2)cc1=O. The summed E-state index contributed by atoms with van der Waals surface area (Å²) in [7, 11) is 1.65. The highest BCUT2D eigenvalue weighted by atomic mass is 16.5. The van der Waals surface area contributed by atoms with E-state index in [1.807, 2.05) is 54.6 Å². The molecule has 2 aromatic carbocycles. The predicted molar refractivity (Wildman–Crippen MR) is 100 cm³/mol. The Balaban J connectivity index is 1.65. The molecule has 26 heavy (non-hydrogen) atoms. The van der Waals surface area contributed by atoms with Crippen LogP contribution in [0.2, 0.25) is 0 Å². The molecule has 0 aliphatic rings. The molecule has 1 aromatic heterocycles. The second-order valence-electron chi connectivity index (χ2n) is 5.92. The lowest BCUT2D eigenvalue weighted by Gasteiger charge is -2.12. The zero-order valence-electron chi connectivity index (χ0n) is 14.5. The summed E-state index contributed by atoms with van der Waals surface area (Å²) in [4.78, 5) is 23.9. The first kappa shape index (κ1) is 17.5. The van der Waals surface area contributed by atoms with Gasteiger partial charge in [0.15, 0.2) is 0 Å². The summed E-state index contributed by atoms with van der Waals surface area (Å²) >= 11 is 0. The first-order valence-electron chi connectivity index (χ1n) is 8.33. The van der Waals surface area contributed by atoms with E-state index in [1.165, 1.54) is 10.6 Å². The first-order valence-corrected chi connectivity index (χ1v) is 8.33. The number of aryl methyl sites for hydroxylation is 1. The van der Waals surface area contributed by atoms with E-state index >= 15 is 0 Å². The molecule has 0 bridgehead atoms. The monoisotopic (exact) mass is 348 g/mol.